The van der Waals surface area contributed by atoms with Crippen molar-refractivity contribution in [2.24, 2.45) is 0 Å². The third-order valence-electron chi connectivity index (χ3n) is 4.97. The number of halogens is 1. The number of amides is 2. The number of nitrogens with one attached hydrogen (secondary N) is 3. The van der Waals surface area contributed by atoms with E-state index in [0.717, 1.165) is 0 Å². The Bertz CT molecular complexity index is 1140. The lowest BCUT2D eigenvalue weighted by Gasteiger charge is -2.26. The van der Waals surface area contributed by atoms with Crippen molar-refractivity contribution < 1.29 is 28.9 Å². The molecule has 0 aliphatic carbocycles. The van der Waals surface area contributed by atoms with Gasteiger partial charge in [0.1, 0.15) is 28.5 Å². The lowest BCUT2D eigenvalue weighted by Crippen LogP contribution is -2.40. The number of aliphatic hydroxyl groups is 1. The summed E-state index contributed by atoms with van der Waals surface area (Å²) < 4.78 is 16.7. The molecule has 2 amide bonds. The molecule has 11 nitrogen and oxygen atoms in total. The number of ether oxygens (including phenoxy) is 3. The number of pyridine rings is 1. The molecule has 0 radical (unpaired) electrons. The summed E-state index contributed by atoms with van der Waals surface area (Å²) in [7, 11) is 1.67. The Kier molecular flexibility index (Phi) is 9.62. The molecule has 0 bridgehead atoms. The monoisotopic (exact) mass is 517 g/mol. The van der Waals surface area contributed by atoms with Gasteiger partial charge in [-0.15, -0.1) is 0 Å². The quantitative estimate of drug-likeness (QED) is 0.292. The van der Waals surface area contributed by atoms with Crippen LogP contribution in [0.1, 0.15) is 27.6 Å². The summed E-state index contributed by atoms with van der Waals surface area (Å²) in [5, 5.41) is 22.5. The average Bonchev–Trinajstić information content (AvgIpc) is 2.88. The number of rotatable bonds is 9. The van der Waals surface area contributed by atoms with Crippen LogP contribution in [0, 0.1) is 5.41 Å². The van der Waals surface area contributed by atoms with Crippen molar-refractivity contribution in [1.29, 1.82) is 5.41 Å². The van der Waals surface area contributed by atoms with Crippen LogP contribution in [0.3, 0.4) is 0 Å². The number of hydrogen-bond acceptors (Lipinski definition) is 9. The minimum Gasteiger partial charge on any atom is -0.488 e. The molecule has 1 saturated heterocycles. The normalized spacial score (nSPS) is 14.3. The number of hydrogen-bond donors (Lipinski definition) is 4. The molecule has 2 aromatic rings. The van der Waals surface area contributed by atoms with Gasteiger partial charge in [0.25, 0.3) is 11.8 Å². The lowest BCUT2D eigenvalue weighted by molar-refractivity contribution is 0.0302. The van der Waals surface area contributed by atoms with Crippen molar-refractivity contribution >= 4 is 29.3 Å². The zero-order valence-electron chi connectivity index (χ0n) is 19.9. The van der Waals surface area contributed by atoms with Gasteiger partial charge in [-0.3, -0.25) is 15.0 Å². The first kappa shape index (κ1) is 26.9. The predicted octanol–water partition coefficient (Wildman–Crippen LogP) is 2.20. The second-order valence-electron chi connectivity index (χ2n) is 7.81. The fraction of sp³-hybridized carbons (Fsp3) is 0.333. The fourth-order valence-corrected chi connectivity index (χ4v) is 3.39. The van der Waals surface area contributed by atoms with Gasteiger partial charge in [-0.2, -0.15) is 0 Å². The summed E-state index contributed by atoms with van der Waals surface area (Å²) in [5.74, 6) is -0.441. The van der Waals surface area contributed by atoms with Gasteiger partial charge >= 0.3 is 0 Å². The summed E-state index contributed by atoms with van der Waals surface area (Å²) >= 11 is 6.36. The third-order valence-corrected chi connectivity index (χ3v) is 5.24. The molecule has 36 heavy (non-hydrogen) atoms. The second-order valence-corrected chi connectivity index (χ2v) is 8.22. The molecule has 3 rings (SSSR count). The van der Waals surface area contributed by atoms with E-state index >= 15 is 0 Å². The SMILES string of the molecule is CN/C=C\C(=N)NC(=O)c1cc(Oc2ncc(C(=O)N3CCOCC3)cc2Cl)cc(O[C@@H](C)CO)c1. The van der Waals surface area contributed by atoms with E-state index < -0.39 is 12.0 Å². The van der Waals surface area contributed by atoms with E-state index in [1.54, 1.807) is 18.9 Å². The first-order chi connectivity index (χ1) is 17.3. The Morgan fingerprint density at radius 2 is 1.97 bits per heavy atom. The zero-order chi connectivity index (χ0) is 26.1. The Labute approximate surface area is 213 Å². The minimum absolute atomic E-state index is 0.0265. The van der Waals surface area contributed by atoms with E-state index in [9.17, 15) is 14.7 Å². The molecule has 1 atom stereocenters. The summed E-state index contributed by atoms with van der Waals surface area (Å²) in [6.45, 7) is 3.35. The highest BCUT2D eigenvalue weighted by molar-refractivity contribution is 6.32. The van der Waals surface area contributed by atoms with Crippen LogP contribution in [0.5, 0.6) is 17.4 Å². The smallest absolute Gasteiger partial charge is 0.257 e. The molecule has 12 heteroatoms. The van der Waals surface area contributed by atoms with Crippen molar-refractivity contribution in [3.63, 3.8) is 0 Å². The fourth-order valence-electron chi connectivity index (χ4n) is 3.18. The number of benzene rings is 1. The maximum atomic E-state index is 12.7. The summed E-state index contributed by atoms with van der Waals surface area (Å²) in [6.07, 6.45) is 3.71. The standard InChI is InChI=1S/C24H28ClN5O6/c1-15(14-31)35-18-9-16(22(32)29-21(26)3-4-27-2)10-19(12-18)36-23-20(25)11-17(13-28-23)24(33)30-5-7-34-8-6-30/h3-4,9-13,15,27,31H,5-8,14H2,1-2H3,(H2,26,29,32)/b4-3-/t15-/m0/s1. The molecule has 4 N–H and O–H groups in total. The molecule has 192 valence electrons. The number of morpholine rings is 1. The molecule has 0 unspecified atom stereocenters. The Hall–Kier alpha value is -3.67. The highest BCUT2D eigenvalue weighted by Gasteiger charge is 2.21. The minimum atomic E-state index is -0.571. The largest absolute Gasteiger partial charge is 0.488 e. The van der Waals surface area contributed by atoms with Crippen LogP contribution in [0.25, 0.3) is 0 Å². The van der Waals surface area contributed by atoms with Crippen molar-refractivity contribution in [3.05, 3.63) is 58.9 Å². The molecule has 1 aliphatic heterocycles. The lowest BCUT2D eigenvalue weighted by atomic mass is 10.2. The van der Waals surface area contributed by atoms with Crippen molar-refractivity contribution in [3.8, 4) is 17.4 Å². The van der Waals surface area contributed by atoms with Crippen LogP contribution >= 0.6 is 11.6 Å². The van der Waals surface area contributed by atoms with Gasteiger partial charge in [-0.25, -0.2) is 4.98 Å². The number of aliphatic hydroxyl groups excluding tert-OH is 1. The second kappa shape index (κ2) is 12.9. The van der Waals surface area contributed by atoms with E-state index in [-0.39, 0.29) is 46.3 Å². The Morgan fingerprint density at radius 1 is 1.25 bits per heavy atom. The Balaban J connectivity index is 1.83. The number of aromatic nitrogens is 1. The molecule has 1 aromatic heterocycles. The first-order valence-electron chi connectivity index (χ1n) is 11.2. The molecule has 0 spiro atoms. The van der Waals surface area contributed by atoms with Gasteiger partial charge in [0.05, 0.1) is 25.4 Å². The van der Waals surface area contributed by atoms with Crippen LogP contribution in [0.15, 0.2) is 42.7 Å². The van der Waals surface area contributed by atoms with Crippen LogP contribution < -0.4 is 20.1 Å². The van der Waals surface area contributed by atoms with Crippen LogP contribution in [-0.4, -0.2) is 78.7 Å². The van der Waals surface area contributed by atoms with E-state index in [0.29, 0.717) is 31.9 Å². The van der Waals surface area contributed by atoms with Crippen molar-refractivity contribution in [2.45, 2.75) is 13.0 Å². The van der Waals surface area contributed by atoms with E-state index in [1.165, 1.54) is 42.7 Å². The van der Waals surface area contributed by atoms with Crippen LogP contribution in [-0.2, 0) is 4.74 Å². The molecular formula is C24H28ClN5O6. The highest BCUT2D eigenvalue weighted by Crippen LogP contribution is 2.31. The number of carbonyl (C=O) groups is 2. The third kappa shape index (κ3) is 7.41. The van der Waals surface area contributed by atoms with E-state index in [4.69, 9.17) is 31.2 Å². The molecule has 2 heterocycles. The number of amidine groups is 1. The van der Waals surface area contributed by atoms with Crippen LogP contribution in [0.2, 0.25) is 5.02 Å². The topological polar surface area (TPSA) is 146 Å². The first-order valence-corrected chi connectivity index (χ1v) is 11.5. The van der Waals surface area contributed by atoms with Gasteiger partial charge in [0.15, 0.2) is 0 Å². The van der Waals surface area contributed by atoms with Crippen LogP contribution in [0.4, 0.5) is 0 Å². The summed E-state index contributed by atoms with van der Waals surface area (Å²) in [5.41, 5.74) is 0.460. The molecule has 1 fully saturated rings. The van der Waals surface area contributed by atoms with Gasteiger partial charge in [0.2, 0.25) is 5.88 Å². The van der Waals surface area contributed by atoms with E-state index in [2.05, 4.69) is 15.6 Å². The van der Waals surface area contributed by atoms with Gasteiger partial charge < -0.3 is 34.9 Å². The highest BCUT2D eigenvalue weighted by atomic mass is 35.5. The van der Waals surface area contributed by atoms with Crippen molar-refractivity contribution in [2.75, 3.05) is 40.0 Å². The predicted molar refractivity (Wildman–Crippen MR) is 133 cm³/mol. The molecule has 0 saturated carbocycles. The average molecular weight is 518 g/mol. The van der Waals surface area contributed by atoms with Gasteiger partial charge in [-0.1, -0.05) is 11.6 Å². The molecule has 1 aliphatic rings. The molecule has 1 aromatic carbocycles. The number of nitrogens with zero attached hydrogens (tertiary/aromatic N) is 2. The van der Waals surface area contributed by atoms with Gasteiger partial charge in [-0.05, 0) is 37.4 Å². The number of carbonyl (C=O) groups excluding carboxylic acids is 2. The van der Waals surface area contributed by atoms with Crippen molar-refractivity contribution in [1.82, 2.24) is 20.5 Å². The summed E-state index contributed by atoms with van der Waals surface area (Å²) in [4.78, 5) is 31.3. The zero-order valence-corrected chi connectivity index (χ0v) is 20.7. The summed E-state index contributed by atoms with van der Waals surface area (Å²) in [6, 6.07) is 5.88. The van der Waals surface area contributed by atoms with E-state index in [1.807, 2.05) is 0 Å². The molecular weight excluding hydrogens is 490 g/mol. The van der Waals surface area contributed by atoms with Gasteiger partial charge in [0, 0.05) is 38.0 Å². The maximum absolute atomic E-state index is 12.7. The Morgan fingerprint density at radius 3 is 2.64 bits per heavy atom. The maximum Gasteiger partial charge on any atom is 0.257 e.